The largest absolute Gasteiger partial charge is 0.312 e. The van der Waals surface area contributed by atoms with Gasteiger partial charge in [0, 0.05) is 18.3 Å². The molecule has 0 heterocycles. The van der Waals surface area contributed by atoms with Crippen LogP contribution in [0.3, 0.4) is 0 Å². The van der Waals surface area contributed by atoms with E-state index in [1.54, 1.807) is 0 Å². The van der Waals surface area contributed by atoms with Gasteiger partial charge in [-0.2, -0.15) is 11.8 Å². The molecule has 0 aliphatic heterocycles. The lowest BCUT2D eigenvalue weighted by molar-refractivity contribution is 0.680. The Balaban J connectivity index is 2.43. The monoisotopic (exact) mass is 223 g/mol. The molecular weight excluding hydrogens is 202 g/mol. The van der Waals surface area contributed by atoms with Crippen LogP contribution in [-0.2, 0) is 13.0 Å². The smallest absolute Gasteiger partial charge is 0.0208 e. The van der Waals surface area contributed by atoms with E-state index in [0.29, 0.717) is 5.25 Å². The van der Waals surface area contributed by atoms with Crippen molar-refractivity contribution in [1.29, 1.82) is 0 Å². The second-order valence-corrected chi connectivity index (χ2v) is 5.08. The van der Waals surface area contributed by atoms with Gasteiger partial charge in [0.15, 0.2) is 0 Å². The van der Waals surface area contributed by atoms with E-state index in [2.05, 4.69) is 49.7 Å². The van der Waals surface area contributed by atoms with Crippen molar-refractivity contribution in [3.05, 3.63) is 35.4 Å². The van der Waals surface area contributed by atoms with Crippen molar-refractivity contribution in [1.82, 2.24) is 5.32 Å². The quantitative estimate of drug-likeness (QED) is 0.795. The van der Waals surface area contributed by atoms with Crippen molar-refractivity contribution in [3.8, 4) is 0 Å². The summed E-state index contributed by atoms with van der Waals surface area (Å²) in [4.78, 5) is 0. The van der Waals surface area contributed by atoms with E-state index in [1.165, 1.54) is 11.1 Å². The highest BCUT2D eigenvalue weighted by Gasteiger charge is 2.01. The van der Waals surface area contributed by atoms with Gasteiger partial charge in [0.1, 0.15) is 0 Å². The van der Waals surface area contributed by atoms with Gasteiger partial charge in [-0.25, -0.2) is 0 Å². The first-order chi connectivity index (χ1) is 7.27. The maximum atomic E-state index is 3.51. The minimum atomic E-state index is 0.693. The van der Waals surface area contributed by atoms with E-state index in [9.17, 15) is 0 Å². The van der Waals surface area contributed by atoms with Gasteiger partial charge in [0.2, 0.25) is 0 Å². The number of hydrogen-bond donors (Lipinski definition) is 1. The second-order valence-electron chi connectivity index (χ2n) is 3.80. The van der Waals surface area contributed by atoms with Crippen molar-refractivity contribution in [2.24, 2.45) is 0 Å². The van der Waals surface area contributed by atoms with E-state index >= 15 is 0 Å². The zero-order valence-corrected chi connectivity index (χ0v) is 10.7. The maximum absolute atomic E-state index is 3.51. The Morgan fingerprint density at radius 1 is 1.27 bits per heavy atom. The molecule has 0 saturated heterocycles. The Bertz CT molecular complexity index is 286. The minimum absolute atomic E-state index is 0.693. The predicted octanol–water partition coefficient (Wildman–Crippen LogP) is 3.09. The molecule has 15 heavy (non-hydrogen) atoms. The Kier molecular flexibility index (Phi) is 5.81. The van der Waals surface area contributed by atoms with E-state index in [-0.39, 0.29) is 0 Å². The van der Waals surface area contributed by atoms with Gasteiger partial charge in [-0.05, 0) is 23.8 Å². The second kappa shape index (κ2) is 6.91. The van der Waals surface area contributed by atoms with Gasteiger partial charge in [-0.1, -0.05) is 38.1 Å². The molecule has 2 heteroatoms. The Morgan fingerprint density at radius 2 is 1.93 bits per heavy atom. The van der Waals surface area contributed by atoms with Gasteiger partial charge < -0.3 is 5.32 Å². The molecule has 1 atom stereocenters. The third kappa shape index (κ3) is 4.27. The normalized spacial score (nSPS) is 12.7. The standard InChI is InChI=1S/C13H21NS/c1-4-12-7-5-6-8-13(12)10-14-9-11(2)15-3/h5-8,11,14H,4,9-10H2,1-3H3. The number of hydrogen-bond acceptors (Lipinski definition) is 2. The average Bonchev–Trinajstić information content (AvgIpc) is 2.29. The molecule has 0 aliphatic rings. The first-order valence-electron chi connectivity index (χ1n) is 5.58. The molecule has 1 aromatic carbocycles. The first-order valence-corrected chi connectivity index (χ1v) is 6.87. The van der Waals surface area contributed by atoms with Crippen molar-refractivity contribution in [2.75, 3.05) is 12.8 Å². The summed E-state index contributed by atoms with van der Waals surface area (Å²) in [5.74, 6) is 0. The molecule has 1 aromatic rings. The van der Waals surface area contributed by atoms with Gasteiger partial charge in [-0.3, -0.25) is 0 Å². The fourth-order valence-electron chi connectivity index (χ4n) is 1.57. The van der Waals surface area contributed by atoms with Crippen LogP contribution in [0.2, 0.25) is 0 Å². The summed E-state index contributed by atoms with van der Waals surface area (Å²) in [5.41, 5.74) is 2.90. The van der Waals surface area contributed by atoms with Crippen LogP contribution in [0.15, 0.2) is 24.3 Å². The fourth-order valence-corrected chi connectivity index (χ4v) is 1.85. The molecule has 84 valence electrons. The van der Waals surface area contributed by atoms with E-state index < -0.39 is 0 Å². The summed E-state index contributed by atoms with van der Waals surface area (Å²) in [6.45, 7) is 6.54. The average molecular weight is 223 g/mol. The van der Waals surface area contributed by atoms with Gasteiger partial charge in [0.05, 0.1) is 0 Å². The zero-order chi connectivity index (χ0) is 11.1. The molecular formula is C13H21NS. The lowest BCUT2D eigenvalue weighted by Crippen LogP contribution is -2.22. The van der Waals surface area contributed by atoms with Crippen molar-refractivity contribution >= 4 is 11.8 Å². The maximum Gasteiger partial charge on any atom is 0.0208 e. The van der Waals surface area contributed by atoms with Gasteiger partial charge in [0.25, 0.3) is 0 Å². The Hall–Kier alpha value is -0.470. The summed E-state index contributed by atoms with van der Waals surface area (Å²) in [7, 11) is 0. The minimum Gasteiger partial charge on any atom is -0.312 e. The molecule has 0 aromatic heterocycles. The SMILES string of the molecule is CCc1ccccc1CNCC(C)SC. The van der Waals surface area contributed by atoms with Gasteiger partial charge in [-0.15, -0.1) is 0 Å². The molecule has 1 rings (SSSR count). The number of thioether (sulfide) groups is 1. The van der Waals surface area contributed by atoms with E-state index in [1.807, 2.05) is 11.8 Å². The van der Waals surface area contributed by atoms with Crippen LogP contribution in [0.5, 0.6) is 0 Å². The summed E-state index contributed by atoms with van der Waals surface area (Å²) in [6, 6.07) is 8.67. The fraction of sp³-hybridized carbons (Fsp3) is 0.538. The molecule has 1 unspecified atom stereocenters. The number of nitrogens with one attached hydrogen (secondary N) is 1. The summed E-state index contributed by atoms with van der Waals surface area (Å²) in [5, 5.41) is 4.20. The molecule has 0 aliphatic carbocycles. The van der Waals surface area contributed by atoms with Gasteiger partial charge >= 0.3 is 0 Å². The molecule has 1 N–H and O–H groups in total. The lowest BCUT2D eigenvalue weighted by Gasteiger charge is -2.12. The predicted molar refractivity (Wildman–Crippen MR) is 70.5 cm³/mol. The third-order valence-electron chi connectivity index (χ3n) is 2.65. The lowest BCUT2D eigenvalue weighted by atomic mass is 10.1. The third-order valence-corrected chi connectivity index (χ3v) is 3.62. The van der Waals surface area contributed by atoms with Crippen molar-refractivity contribution in [2.45, 2.75) is 32.1 Å². The first kappa shape index (κ1) is 12.6. The number of benzene rings is 1. The molecule has 0 amide bonds. The topological polar surface area (TPSA) is 12.0 Å². The highest BCUT2D eigenvalue weighted by atomic mass is 32.2. The summed E-state index contributed by atoms with van der Waals surface area (Å²) < 4.78 is 0. The molecule has 0 radical (unpaired) electrons. The van der Waals surface area contributed by atoms with Crippen LogP contribution < -0.4 is 5.32 Å². The van der Waals surface area contributed by atoms with Crippen molar-refractivity contribution < 1.29 is 0 Å². The molecule has 0 spiro atoms. The van der Waals surface area contributed by atoms with Crippen LogP contribution in [0.4, 0.5) is 0 Å². The van der Waals surface area contributed by atoms with Crippen LogP contribution in [0.1, 0.15) is 25.0 Å². The summed E-state index contributed by atoms with van der Waals surface area (Å²) >= 11 is 1.91. The number of rotatable bonds is 6. The van der Waals surface area contributed by atoms with Crippen LogP contribution in [0.25, 0.3) is 0 Å². The number of aryl methyl sites for hydroxylation is 1. The van der Waals surface area contributed by atoms with E-state index in [4.69, 9.17) is 0 Å². The molecule has 1 nitrogen and oxygen atoms in total. The van der Waals surface area contributed by atoms with Crippen molar-refractivity contribution in [3.63, 3.8) is 0 Å². The summed E-state index contributed by atoms with van der Waals surface area (Å²) in [6.07, 6.45) is 3.28. The molecule has 0 fully saturated rings. The zero-order valence-electron chi connectivity index (χ0n) is 9.92. The Morgan fingerprint density at radius 3 is 2.53 bits per heavy atom. The molecule has 0 bridgehead atoms. The van der Waals surface area contributed by atoms with Crippen LogP contribution in [-0.4, -0.2) is 18.1 Å². The molecule has 0 saturated carbocycles. The van der Waals surface area contributed by atoms with Crippen LogP contribution in [0, 0.1) is 0 Å². The van der Waals surface area contributed by atoms with Crippen LogP contribution >= 0.6 is 11.8 Å². The highest BCUT2D eigenvalue weighted by Crippen LogP contribution is 2.09. The Labute approximate surface area is 97.7 Å². The van der Waals surface area contributed by atoms with E-state index in [0.717, 1.165) is 19.5 Å². The highest BCUT2D eigenvalue weighted by molar-refractivity contribution is 7.99.